The van der Waals surface area contributed by atoms with Crippen molar-refractivity contribution in [1.82, 2.24) is 4.98 Å². The minimum atomic E-state index is 0.0837. The van der Waals surface area contributed by atoms with Crippen LogP contribution in [0.2, 0.25) is 25.2 Å². The molecule has 0 radical (unpaired) electrons. The highest BCUT2D eigenvalue weighted by Crippen LogP contribution is 2.39. The first kappa shape index (κ1) is 15.5. The van der Waals surface area contributed by atoms with Gasteiger partial charge in [-0.15, -0.1) is 0 Å². The van der Waals surface area contributed by atoms with Crippen LogP contribution in [0.3, 0.4) is 0 Å². The van der Waals surface area contributed by atoms with E-state index in [0.29, 0.717) is 20.3 Å². The summed E-state index contributed by atoms with van der Waals surface area (Å²) < 4.78 is 6.14. The summed E-state index contributed by atoms with van der Waals surface area (Å²) in [6, 6.07) is 4.57. The van der Waals surface area contributed by atoms with Crippen molar-refractivity contribution in [1.29, 1.82) is 0 Å². The van der Waals surface area contributed by atoms with E-state index < -0.39 is 0 Å². The summed E-state index contributed by atoms with van der Waals surface area (Å²) in [5.41, 5.74) is 0. The molecule has 1 aromatic heterocycles. The number of ether oxygens (including phenoxy) is 1. The van der Waals surface area contributed by atoms with Crippen LogP contribution in [0.15, 0.2) is 22.7 Å². The van der Waals surface area contributed by atoms with Crippen LogP contribution in [-0.2, 0) is 0 Å². The molecule has 0 fully saturated rings. The van der Waals surface area contributed by atoms with Gasteiger partial charge in [0.25, 0.3) is 0 Å². The van der Waals surface area contributed by atoms with Gasteiger partial charge in [-0.05, 0) is 28.1 Å². The Hall–Kier alpha value is 0.1000. The number of rotatable bonds is 2. The number of benzene rings is 1. The van der Waals surface area contributed by atoms with Crippen LogP contribution in [0.1, 0.15) is 0 Å². The Morgan fingerprint density at radius 1 is 0.842 bits per heavy atom. The Bertz CT molecular complexity index is 594. The first-order valence-corrected chi connectivity index (χ1v) is 7.40. The van der Waals surface area contributed by atoms with Crippen molar-refractivity contribution < 1.29 is 4.74 Å². The summed E-state index contributed by atoms with van der Waals surface area (Å²) in [7, 11) is 0. The maximum atomic E-state index is 6.03. The van der Waals surface area contributed by atoms with Gasteiger partial charge in [0.05, 0.1) is 15.1 Å². The van der Waals surface area contributed by atoms with E-state index in [9.17, 15) is 0 Å². The third-order valence-corrected chi connectivity index (χ3v) is 4.47. The molecule has 0 atom stereocenters. The minimum absolute atomic E-state index is 0.0837. The quantitative estimate of drug-likeness (QED) is 0.388. The highest BCUT2D eigenvalue weighted by Gasteiger charge is 2.13. The standard InChI is InChI=1S/C11H3BrCl5NO/c12-4-1-6(14)9(3-5(4)13)19-11-8(16)2-7(15)10(17)18-11/h1-3H. The van der Waals surface area contributed by atoms with Gasteiger partial charge in [-0.3, -0.25) is 0 Å². The van der Waals surface area contributed by atoms with Crippen molar-refractivity contribution in [3.63, 3.8) is 0 Å². The smallest absolute Gasteiger partial charge is 0.239 e. The molecule has 2 rings (SSSR count). The van der Waals surface area contributed by atoms with Gasteiger partial charge < -0.3 is 4.74 Å². The fourth-order valence-electron chi connectivity index (χ4n) is 1.19. The van der Waals surface area contributed by atoms with Crippen LogP contribution in [-0.4, -0.2) is 4.98 Å². The van der Waals surface area contributed by atoms with E-state index in [2.05, 4.69) is 20.9 Å². The largest absolute Gasteiger partial charge is 0.436 e. The summed E-state index contributed by atoms with van der Waals surface area (Å²) in [6.45, 7) is 0. The molecule has 0 unspecified atom stereocenters. The molecule has 8 heteroatoms. The molecule has 0 saturated carbocycles. The Morgan fingerprint density at radius 2 is 1.53 bits per heavy atom. The predicted molar refractivity (Wildman–Crippen MR) is 83.5 cm³/mol. The lowest BCUT2D eigenvalue weighted by Gasteiger charge is -2.10. The number of halogens is 6. The van der Waals surface area contributed by atoms with Gasteiger partial charge in [-0.25, -0.2) is 0 Å². The Morgan fingerprint density at radius 3 is 2.21 bits per heavy atom. The van der Waals surface area contributed by atoms with Crippen LogP contribution in [0.25, 0.3) is 0 Å². The molecular formula is C11H3BrCl5NO. The summed E-state index contributed by atoms with van der Waals surface area (Å²) in [6.07, 6.45) is 0. The van der Waals surface area contributed by atoms with Crippen molar-refractivity contribution in [2.45, 2.75) is 0 Å². The molecule has 1 heterocycles. The lowest BCUT2D eigenvalue weighted by atomic mass is 10.3. The molecule has 0 N–H and O–H groups in total. The minimum Gasteiger partial charge on any atom is -0.436 e. The SMILES string of the molecule is Clc1cc(Oc2nc(Cl)c(Cl)cc2Cl)c(Cl)cc1Br. The molecule has 19 heavy (non-hydrogen) atoms. The van der Waals surface area contributed by atoms with E-state index in [1.807, 2.05) is 0 Å². The molecule has 0 aliphatic rings. The number of nitrogens with zero attached hydrogens (tertiary/aromatic N) is 1. The summed E-state index contributed by atoms with van der Waals surface area (Å²) in [5.74, 6) is 0.402. The van der Waals surface area contributed by atoms with Crippen LogP contribution >= 0.6 is 73.9 Å². The molecule has 2 aromatic rings. The van der Waals surface area contributed by atoms with E-state index in [-0.39, 0.29) is 21.1 Å². The van der Waals surface area contributed by atoms with E-state index in [0.717, 1.165) is 0 Å². The van der Waals surface area contributed by atoms with Crippen LogP contribution in [0.5, 0.6) is 11.6 Å². The lowest BCUT2D eigenvalue weighted by molar-refractivity contribution is 0.463. The average molecular weight is 422 g/mol. The summed E-state index contributed by atoms with van der Waals surface area (Å²) >= 11 is 32.8. The van der Waals surface area contributed by atoms with Gasteiger partial charge in [0.1, 0.15) is 10.8 Å². The summed E-state index contributed by atoms with van der Waals surface area (Å²) in [4.78, 5) is 3.93. The molecule has 2 nitrogen and oxygen atoms in total. The molecule has 0 aliphatic carbocycles. The van der Waals surface area contributed by atoms with Crippen LogP contribution < -0.4 is 4.74 Å². The topological polar surface area (TPSA) is 22.1 Å². The van der Waals surface area contributed by atoms with Gasteiger partial charge in [0.2, 0.25) is 5.88 Å². The van der Waals surface area contributed by atoms with E-state index in [1.165, 1.54) is 12.1 Å². The fraction of sp³-hybridized carbons (Fsp3) is 0. The van der Waals surface area contributed by atoms with E-state index in [1.54, 1.807) is 6.07 Å². The van der Waals surface area contributed by atoms with Gasteiger partial charge in [0, 0.05) is 10.5 Å². The maximum absolute atomic E-state index is 6.03. The summed E-state index contributed by atoms with van der Waals surface area (Å²) in [5, 5.41) is 1.32. The molecule has 0 aliphatic heterocycles. The number of aromatic nitrogens is 1. The Labute approximate surface area is 142 Å². The number of pyridine rings is 1. The predicted octanol–water partition coefficient (Wildman–Crippen LogP) is 6.90. The zero-order valence-electron chi connectivity index (χ0n) is 8.86. The number of hydrogen-bond acceptors (Lipinski definition) is 2. The van der Waals surface area contributed by atoms with Gasteiger partial charge in [-0.2, -0.15) is 4.98 Å². The van der Waals surface area contributed by atoms with Crippen LogP contribution in [0, 0.1) is 0 Å². The second-order valence-electron chi connectivity index (χ2n) is 3.35. The van der Waals surface area contributed by atoms with E-state index in [4.69, 9.17) is 62.7 Å². The third-order valence-electron chi connectivity index (χ3n) is 2.04. The molecule has 1 aromatic carbocycles. The first-order valence-electron chi connectivity index (χ1n) is 4.72. The lowest BCUT2D eigenvalue weighted by Crippen LogP contribution is -1.91. The normalized spacial score (nSPS) is 10.6. The maximum Gasteiger partial charge on any atom is 0.239 e. The van der Waals surface area contributed by atoms with Crippen molar-refractivity contribution in [2.24, 2.45) is 0 Å². The van der Waals surface area contributed by atoms with Crippen molar-refractivity contribution in [2.75, 3.05) is 0 Å². The fourth-order valence-corrected chi connectivity index (χ4v) is 2.55. The van der Waals surface area contributed by atoms with Gasteiger partial charge >= 0.3 is 0 Å². The van der Waals surface area contributed by atoms with Crippen molar-refractivity contribution in [3.05, 3.63) is 47.9 Å². The molecule has 0 spiro atoms. The highest BCUT2D eigenvalue weighted by atomic mass is 79.9. The zero-order chi connectivity index (χ0) is 14.2. The second kappa shape index (κ2) is 6.25. The van der Waals surface area contributed by atoms with Crippen LogP contribution in [0.4, 0.5) is 0 Å². The van der Waals surface area contributed by atoms with Crippen molar-refractivity contribution >= 4 is 73.9 Å². The average Bonchev–Trinajstić information content (AvgIpc) is 2.32. The molecule has 0 bridgehead atoms. The molecule has 0 amide bonds. The van der Waals surface area contributed by atoms with Crippen molar-refractivity contribution in [3.8, 4) is 11.6 Å². The van der Waals surface area contributed by atoms with E-state index >= 15 is 0 Å². The third kappa shape index (κ3) is 3.60. The Kier molecular flexibility index (Phi) is 5.09. The first-order chi connectivity index (χ1) is 8.88. The van der Waals surface area contributed by atoms with Gasteiger partial charge in [0.15, 0.2) is 5.15 Å². The molecule has 0 saturated heterocycles. The Balaban J connectivity index is 2.42. The zero-order valence-corrected chi connectivity index (χ0v) is 14.2. The second-order valence-corrected chi connectivity index (χ2v) is 6.19. The number of hydrogen-bond donors (Lipinski definition) is 0. The molecule has 100 valence electrons. The highest BCUT2D eigenvalue weighted by molar-refractivity contribution is 9.10. The monoisotopic (exact) mass is 419 g/mol. The molecular weight excluding hydrogens is 419 g/mol. The van der Waals surface area contributed by atoms with Gasteiger partial charge in [-0.1, -0.05) is 58.0 Å².